The van der Waals surface area contributed by atoms with Crippen LogP contribution >= 0.6 is 0 Å². The van der Waals surface area contributed by atoms with E-state index >= 15 is 0 Å². The van der Waals surface area contributed by atoms with Crippen LogP contribution < -0.4 is 10.6 Å². The van der Waals surface area contributed by atoms with E-state index < -0.39 is 0 Å². The second-order valence-electron chi connectivity index (χ2n) is 5.23. The van der Waals surface area contributed by atoms with Gasteiger partial charge in [-0.1, -0.05) is 12.1 Å². The number of nitro groups is 1. The molecule has 1 unspecified atom stereocenters. The zero-order valence-corrected chi connectivity index (χ0v) is 11.3. The monoisotopic (exact) mass is 263 g/mol. The largest absolute Gasteiger partial charge is 0.366 e. The number of hydrogen-bond donors (Lipinski definition) is 1. The summed E-state index contributed by atoms with van der Waals surface area (Å²) in [6.07, 6.45) is 3.25. The van der Waals surface area contributed by atoms with Gasteiger partial charge in [-0.15, -0.1) is 0 Å². The van der Waals surface area contributed by atoms with Gasteiger partial charge in [0.1, 0.15) is 5.69 Å². The molecule has 2 N–H and O–H groups in total. The molecule has 1 aliphatic heterocycles. The number of nitrogens with two attached hydrogens (primary N) is 1. The molecule has 0 aromatic heterocycles. The fraction of sp³-hybridized carbons (Fsp3) is 0.571. The molecule has 1 aliphatic rings. The van der Waals surface area contributed by atoms with Gasteiger partial charge in [-0.25, -0.2) is 0 Å². The summed E-state index contributed by atoms with van der Waals surface area (Å²) < 4.78 is 0. The average Bonchev–Trinajstić information content (AvgIpc) is 2.38. The molecular weight excluding hydrogens is 242 g/mol. The van der Waals surface area contributed by atoms with Gasteiger partial charge in [0, 0.05) is 18.7 Å². The van der Waals surface area contributed by atoms with Crippen molar-refractivity contribution in [2.75, 3.05) is 24.5 Å². The average molecular weight is 263 g/mol. The van der Waals surface area contributed by atoms with E-state index in [9.17, 15) is 10.1 Å². The molecule has 2 rings (SSSR count). The summed E-state index contributed by atoms with van der Waals surface area (Å²) >= 11 is 0. The van der Waals surface area contributed by atoms with Crippen molar-refractivity contribution >= 4 is 11.4 Å². The van der Waals surface area contributed by atoms with Crippen LogP contribution in [0.25, 0.3) is 0 Å². The Morgan fingerprint density at radius 1 is 1.53 bits per heavy atom. The first-order valence-corrected chi connectivity index (χ1v) is 6.82. The first-order chi connectivity index (χ1) is 9.13. The van der Waals surface area contributed by atoms with E-state index in [-0.39, 0.29) is 10.6 Å². The summed E-state index contributed by atoms with van der Waals surface area (Å²) in [5.41, 5.74) is 7.35. The molecule has 1 heterocycles. The Hall–Kier alpha value is -1.62. The van der Waals surface area contributed by atoms with Crippen molar-refractivity contribution in [3.63, 3.8) is 0 Å². The maximum absolute atomic E-state index is 11.3. The highest BCUT2D eigenvalue weighted by Crippen LogP contribution is 2.34. The van der Waals surface area contributed by atoms with Gasteiger partial charge >= 0.3 is 0 Å². The van der Waals surface area contributed by atoms with Crippen LogP contribution in [0.15, 0.2) is 18.2 Å². The van der Waals surface area contributed by atoms with Crippen LogP contribution in [0.5, 0.6) is 0 Å². The lowest BCUT2D eigenvalue weighted by Gasteiger charge is -2.34. The smallest absolute Gasteiger partial charge is 0.295 e. The molecule has 5 heteroatoms. The quantitative estimate of drug-likeness (QED) is 0.669. The van der Waals surface area contributed by atoms with Gasteiger partial charge in [0.05, 0.1) is 4.92 Å². The van der Waals surface area contributed by atoms with Crippen LogP contribution in [0, 0.1) is 23.0 Å². The second-order valence-corrected chi connectivity index (χ2v) is 5.23. The molecule has 0 spiro atoms. The lowest BCUT2D eigenvalue weighted by atomic mass is 9.94. The van der Waals surface area contributed by atoms with Crippen LogP contribution in [0.2, 0.25) is 0 Å². The first-order valence-electron chi connectivity index (χ1n) is 6.82. The normalized spacial score (nSPS) is 19.5. The lowest BCUT2D eigenvalue weighted by molar-refractivity contribution is -0.384. The van der Waals surface area contributed by atoms with E-state index in [1.807, 2.05) is 12.1 Å². The third-order valence-corrected chi connectivity index (χ3v) is 3.83. The predicted molar refractivity (Wildman–Crippen MR) is 76.4 cm³/mol. The van der Waals surface area contributed by atoms with Crippen LogP contribution in [-0.4, -0.2) is 24.6 Å². The van der Waals surface area contributed by atoms with Crippen molar-refractivity contribution in [3.05, 3.63) is 33.9 Å². The van der Waals surface area contributed by atoms with Crippen LogP contribution in [0.3, 0.4) is 0 Å². The minimum absolute atomic E-state index is 0.246. The van der Waals surface area contributed by atoms with Gasteiger partial charge in [0.2, 0.25) is 0 Å². The molecular formula is C14H21N3O2. The van der Waals surface area contributed by atoms with Crippen molar-refractivity contribution in [2.45, 2.75) is 26.2 Å². The number of nitro benzene ring substituents is 1. The van der Waals surface area contributed by atoms with E-state index in [1.54, 1.807) is 13.0 Å². The molecule has 0 radical (unpaired) electrons. The van der Waals surface area contributed by atoms with E-state index in [2.05, 4.69) is 4.90 Å². The molecule has 1 atom stereocenters. The van der Waals surface area contributed by atoms with Crippen molar-refractivity contribution in [3.8, 4) is 0 Å². The summed E-state index contributed by atoms with van der Waals surface area (Å²) in [7, 11) is 0. The highest BCUT2D eigenvalue weighted by atomic mass is 16.6. The molecule has 104 valence electrons. The zero-order chi connectivity index (χ0) is 13.8. The number of nitrogens with zero attached hydrogens (tertiary/aromatic N) is 2. The molecule has 1 aromatic carbocycles. The second kappa shape index (κ2) is 6.02. The molecule has 0 amide bonds. The summed E-state index contributed by atoms with van der Waals surface area (Å²) in [6.45, 7) is 4.25. The van der Waals surface area contributed by atoms with Gasteiger partial charge in [-0.2, -0.15) is 0 Å². The number of hydrogen-bond acceptors (Lipinski definition) is 4. The minimum atomic E-state index is -0.267. The molecule has 1 saturated heterocycles. The fourth-order valence-corrected chi connectivity index (χ4v) is 2.89. The summed E-state index contributed by atoms with van der Waals surface area (Å²) in [4.78, 5) is 13.1. The number of rotatable bonds is 4. The predicted octanol–water partition coefficient (Wildman–Crippen LogP) is 2.47. The van der Waals surface area contributed by atoms with E-state index in [1.165, 1.54) is 6.42 Å². The van der Waals surface area contributed by atoms with Crippen molar-refractivity contribution in [1.29, 1.82) is 0 Å². The third-order valence-electron chi connectivity index (χ3n) is 3.83. The van der Waals surface area contributed by atoms with E-state index in [4.69, 9.17) is 5.73 Å². The Balaban J connectivity index is 2.26. The van der Waals surface area contributed by atoms with Gasteiger partial charge < -0.3 is 10.6 Å². The maximum Gasteiger partial charge on any atom is 0.295 e. The molecule has 1 aromatic rings. The Kier molecular flexibility index (Phi) is 4.37. The summed E-state index contributed by atoms with van der Waals surface area (Å²) in [6, 6.07) is 5.54. The molecule has 19 heavy (non-hydrogen) atoms. The molecule has 0 saturated carbocycles. The standard InChI is InChI=1S/C14H21N3O2/c1-11-4-2-6-13(14(11)17(18)19)16-9-3-5-12(10-16)7-8-15/h2,4,6,12H,3,5,7-10,15H2,1H3. The Labute approximate surface area is 113 Å². The molecule has 0 bridgehead atoms. The highest BCUT2D eigenvalue weighted by molar-refractivity contribution is 5.66. The number of anilines is 1. The van der Waals surface area contributed by atoms with Gasteiger partial charge in [0.25, 0.3) is 5.69 Å². The molecule has 1 fully saturated rings. The van der Waals surface area contributed by atoms with Gasteiger partial charge in [-0.3, -0.25) is 10.1 Å². The number of para-hydroxylation sites is 1. The summed E-state index contributed by atoms with van der Waals surface area (Å²) in [5.74, 6) is 0.555. The topological polar surface area (TPSA) is 72.4 Å². The van der Waals surface area contributed by atoms with Gasteiger partial charge in [0.15, 0.2) is 0 Å². The van der Waals surface area contributed by atoms with E-state index in [0.717, 1.165) is 37.2 Å². The first kappa shape index (κ1) is 13.8. The number of piperidine rings is 1. The van der Waals surface area contributed by atoms with Crippen LogP contribution in [-0.2, 0) is 0 Å². The third kappa shape index (κ3) is 3.04. The summed E-state index contributed by atoms with van der Waals surface area (Å²) in [5, 5.41) is 11.3. The van der Waals surface area contributed by atoms with Gasteiger partial charge in [-0.05, 0) is 44.7 Å². The number of benzene rings is 1. The van der Waals surface area contributed by atoms with Crippen molar-refractivity contribution in [1.82, 2.24) is 0 Å². The number of aryl methyl sites for hydroxylation is 1. The lowest BCUT2D eigenvalue weighted by Crippen LogP contribution is -2.36. The minimum Gasteiger partial charge on any atom is -0.366 e. The fourth-order valence-electron chi connectivity index (χ4n) is 2.89. The Morgan fingerprint density at radius 2 is 2.32 bits per heavy atom. The SMILES string of the molecule is Cc1cccc(N2CCCC(CCN)C2)c1[N+](=O)[O-]. The van der Waals surface area contributed by atoms with Crippen molar-refractivity contribution < 1.29 is 4.92 Å². The molecule has 0 aliphatic carbocycles. The Morgan fingerprint density at radius 3 is 3.00 bits per heavy atom. The van der Waals surface area contributed by atoms with Crippen molar-refractivity contribution in [2.24, 2.45) is 11.7 Å². The maximum atomic E-state index is 11.3. The van der Waals surface area contributed by atoms with E-state index in [0.29, 0.717) is 12.5 Å². The Bertz CT molecular complexity index is 460. The zero-order valence-electron chi connectivity index (χ0n) is 11.3. The molecule has 5 nitrogen and oxygen atoms in total. The van der Waals surface area contributed by atoms with Crippen LogP contribution in [0.4, 0.5) is 11.4 Å². The van der Waals surface area contributed by atoms with Crippen LogP contribution in [0.1, 0.15) is 24.8 Å². The highest BCUT2D eigenvalue weighted by Gasteiger charge is 2.26.